The van der Waals surface area contributed by atoms with Gasteiger partial charge >= 0.3 is 0 Å². The van der Waals surface area contributed by atoms with E-state index in [4.69, 9.17) is 10.5 Å². The second-order valence-corrected chi connectivity index (χ2v) is 5.28. The van der Waals surface area contributed by atoms with Crippen LogP contribution in [0.3, 0.4) is 0 Å². The molecule has 20 heavy (non-hydrogen) atoms. The monoisotopic (exact) mass is 277 g/mol. The molecule has 0 saturated carbocycles. The van der Waals surface area contributed by atoms with E-state index in [-0.39, 0.29) is 17.7 Å². The minimum absolute atomic E-state index is 0.0510. The Morgan fingerprint density at radius 3 is 3.20 bits per heavy atom. The highest BCUT2D eigenvalue weighted by atomic mass is 16.5. The number of aromatic nitrogens is 2. The smallest absolute Gasteiger partial charge is 0.271 e. The van der Waals surface area contributed by atoms with Crippen LogP contribution >= 0.6 is 0 Å². The van der Waals surface area contributed by atoms with Gasteiger partial charge in [-0.2, -0.15) is 0 Å². The number of ether oxygens (including phenoxy) is 1. The van der Waals surface area contributed by atoms with E-state index in [1.807, 2.05) is 0 Å². The molecule has 0 aliphatic carbocycles. The van der Waals surface area contributed by atoms with Crippen molar-refractivity contribution < 1.29 is 9.53 Å². The highest BCUT2D eigenvalue weighted by Gasteiger charge is 2.32. The van der Waals surface area contributed by atoms with E-state index in [1.54, 1.807) is 0 Å². The molecule has 0 aromatic carbocycles. The highest BCUT2D eigenvalue weighted by molar-refractivity contribution is 5.91. The average molecular weight is 277 g/mol. The van der Waals surface area contributed by atoms with Crippen molar-refractivity contribution >= 4 is 11.7 Å². The fourth-order valence-electron chi connectivity index (χ4n) is 2.76. The van der Waals surface area contributed by atoms with Gasteiger partial charge in [-0.15, -0.1) is 0 Å². The number of hydrogen-bond donors (Lipinski definition) is 2. The third-order valence-corrected chi connectivity index (χ3v) is 3.86. The quantitative estimate of drug-likeness (QED) is 0.784. The number of nitrogens with one attached hydrogen (secondary N) is 1. The lowest BCUT2D eigenvalue weighted by atomic mass is 10.2. The number of hydrogen-bond acceptors (Lipinski definition) is 6. The molecule has 2 atom stereocenters. The first-order valence-corrected chi connectivity index (χ1v) is 6.94. The summed E-state index contributed by atoms with van der Waals surface area (Å²) in [5.41, 5.74) is 5.71. The second-order valence-electron chi connectivity index (χ2n) is 5.28. The summed E-state index contributed by atoms with van der Waals surface area (Å²) in [6.07, 6.45) is 5.27. The zero-order valence-electron chi connectivity index (χ0n) is 11.3. The van der Waals surface area contributed by atoms with Gasteiger partial charge in [-0.1, -0.05) is 0 Å². The van der Waals surface area contributed by atoms with Gasteiger partial charge in [0.25, 0.3) is 5.91 Å². The van der Waals surface area contributed by atoms with Crippen molar-refractivity contribution in [3.05, 3.63) is 18.1 Å². The fourth-order valence-corrected chi connectivity index (χ4v) is 2.76. The maximum atomic E-state index is 11.9. The van der Waals surface area contributed by atoms with Gasteiger partial charge in [-0.25, -0.2) is 9.97 Å². The third kappa shape index (κ3) is 2.88. The minimum Gasteiger partial charge on any atom is -0.382 e. The molecule has 0 spiro atoms. The van der Waals surface area contributed by atoms with Crippen molar-refractivity contribution in [2.75, 3.05) is 32.0 Å². The topological polar surface area (TPSA) is 93.4 Å². The maximum absolute atomic E-state index is 11.9. The Morgan fingerprint density at radius 2 is 2.40 bits per heavy atom. The molecular weight excluding hydrogens is 258 g/mol. The second kappa shape index (κ2) is 5.72. The molecule has 2 saturated heterocycles. The van der Waals surface area contributed by atoms with Crippen molar-refractivity contribution in [3.8, 4) is 0 Å². The van der Waals surface area contributed by atoms with Crippen molar-refractivity contribution in [2.24, 2.45) is 0 Å². The zero-order valence-corrected chi connectivity index (χ0v) is 11.3. The summed E-state index contributed by atoms with van der Waals surface area (Å²) in [5.74, 6) is 0.0573. The van der Waals surface area contributed by atoms with Gasteiger partial charge in [0.2, 0.25) is 0 Å². The van der Waals surface area contributed by atoms with Crippen LogP contribution in [0.2, 0.25) is 0 Å². The molecule has 3 heterocycles. The maximum Gasteiger partial charge on any atom is 0.271 e. The standard InChI is InChI=1S/C13H19N5O2/c14-12-6-15-11(5-16-12)13(19)17-4-10-7-18-3-1-2-9(18)8-20-10/h5-6,9-10H,1-4,7-8H2,(H2,14,16)(H,17,19). The van der Waals surface area contributed by atoms with Crippen molar-refractivity contribution in [2.45, 2.75) is 25.0 Å². The number of nitrogens with two attached hydrogens (primary N) is 1. The molecule has 0 bridgehead atoms. The summed E-state index contributed by atoms with van der Waals surface area (Å²) in [6.45, 7) is 3.29. The first-order chi connectivity index (χ1) is 9.72. The van der Waals surface area contributed by atoms with Gasteiger partial charge in [0, 0.05) is 19.1 Å². The number of fused-ring (bicyclic) bond motifs is 1. The third-order valence-electron chi connectivity index (χ3n) is 3.86. The first kappa shape index (κ1) is 13.3. The number of carbonyl (C=O) groups is 1. The van der Waals surface area contributed by atoms with Gasteiger partial charge in [-0.05, 0) is 19.4 Å². The Kier molecular flexibility index (Phi) is 3.79. The summed E-state index contributed by atoms with van der Waals surface area (Å²) in [7, 11) is 0. The lowest BCUT2D eigenvalue weighted by molar-refractivity contribution is -0.0462. The predicted molar refractivity (Wildman–Crippen MR) is 73.1 cm³/mol. The molecule has 1 amide bonds. The predicted octanol–water partition coefficient (Wildman–Crippen LogP) is -0.348. The van der Waals surface area contributed by atoms with Crippen molar-refractivity contribution in [1.82, 2.24) is 20.2 Å². The Morgan fingerprint density at radius 1 is 1.50 bits per heavy atom. The van der Waals surface area contributed by atoms with E-state index in [0.717, 1.165) is 19.7 Å². The molecule has 7 nitrogen and oxygen atoms in total. The Balaban J connectivity index is 1.49. The van der Waals surface area contributed by atoms with E-state index in [1.165, 1.54) is 25.2 Å². The molecule has 3 rings (SSSR count). The van der Waals surface area contributed by atoms with Crippen LogP contribution in [-0.2, 0) is 4.74 Å². The number of rotatable bonds is 3. The van der Waals surface area contributed by atoms with E-state index in [9.17, 15) is 4.79 Å². The summed E-state index contributed by atoms with van der Waals surface area (Å²) >= 11 is 0. The number of nitrogens with zero attached hydrogens (tertiary/aromatic N) is 3. The zero-order chi connectivity index (χ0) is 13.9. The van der Waals surface area contributed by atoms with E-state index in [0.29, 0.717) is 18.4 Å². The van der Waals surface area contributed by atoms with Crippen LogP contribution in [0.15, 0.2) is 12.4 Å². The highest BCUT2D eigenvalue weighted by Crippen LogP contribution is 2.22. The summed E-state index contributed by atoms with van der Waals surface area (Å²) < 4.78 is 5.78. The number of morpholine rings is 1. The molecule has 3 N–H and O–H groups in total. The van der Waals surface area contributed by atoms with E-state index >= 15 is 0 Å². The molecule has 1 aromatic rings. The Bertz CT molecular complexity index is 478. The fraction of sp³-hybridized carbons (Fsp3) is 0.615. The minimum atomic E-state index is -0.246. The lowest BCUT2D eigenvalue weighted by Crippen LogP contribution is -2.50. The van der Waals surface area contributed by atoms with Crippen molar-refractivity contribution in [3.63, 3.8) is 0 Å². The number of amides is 1. The molecular formula is C13H19N5O2. The van der Waals surface area contributed by atoms with Gasteiger partial charge in [0.05, 0.1) is 25.1 Å². The normalized spacial score (nSPS) is 26.2. The van der Waals surface area contributed by atoms with Gasteiger partial charge < -0.3 is 15.8 Å². The van der Waals surface area contributed by atoms with E-state index in [2.05, 4.69) is 20.2 Å². The molecule has 108 valence electrons. The van der Waals surface area contributed by atoms with Crippen LogP contribution in [0, 0.1) is 0 Å². The van der Waals surface area contributed by atoms with Gasteiger partial charge in [-0.3, -0.25) is 9.69 Å². The summed E-state index contributed by atoms with van der Waals surface area (Å²) in [5, 5.41) is 2.83. The molecule has 2 unspecified atom stereocenters. The molecule has 2 aliphatic heterocycles. The Labute approximate surface area is 117 Å². The van der Waals surface area contributed by atoms with Crippen LogP contribution in [0.25, 0.3) is 0 Å². The average Bonchev–Trinajstić information content (AvgIpc) is 2.93. The van der Waals surface area contributed by atoms with Crippen LogP contribution in [0.5, 0.6) is 0 Å². The van der Waals surface area contributed by atoms with Crippen LogP contribution < -0.4 is 11.1 Å². The molecule has 1 aromatic heterocycles. The number of carbonyl (C=O) groups excluding carboxylic acids is 1. The molecule has 7 heteroatoms. The summed E-state index contributed by atoms with van der Waals surface area (Å²) in [4.78, 5) is 22.1. The molecule has 2 aliphatic rings. The largest absolute Gasteiger partial charge is 0.382 e. The molecule has 2 fully saturated rings. The van der Waals surface area contributed by atoms with E-state index < -0.39 is 0 Å². The van der Waals surface area contributed by atoms with Gasteiger partial charge in [0.1, 0.15) is 11.5 Å². The molecule has 0 radical (unpaired) electrons. The van der Waals surface area contributed by atoms with Crippen LogP contribution in [0.4, 0.5) is 5.82 Å². The summed E-state index contributed by atoms with van der Waals surface area (Å²) in [6, 6.07) is 0.574. The van der Waals surface area contributed by atoms with Crippen LogP contribution in [0.1, 0.15) is 23.3 Å². The lowest BCUT2D eigenvalue weighted by Gasteiger charge is -2.35. The van der Waals surface area contributed by atoms with Crippen LogP contribution in [-0.4, -0.2) is 59.2 Å². The van der Waals surface area contributed by atoms with Gasteiger partial charge in [0.15, 0.2) is 0 Å². The Hall–Kier alpha value is -1.73. The number of anilines is 1. The SMILES string of the molecule is Nc1cnc(C(=O)NCC2CN3CCCC3CO2)cn1. The first-order valence-electron chi connectivity index (χ1n) is 6.94. The number of nitrogen functional groups attached to an aromatic ring is 1. The van der Waals surface area contributed by atoms with Crippen molar-refractivity contribution in [1.29, 1.82) is 0 Å².